The molecule has 0 aromatic heterocycles. The molecule has 1 atom stereocenters. The van der Waals surface area contributed by atoms with Gasteiger partial charge in [-0.15, -0.1) is 0 Å². The van der Waals surface area contributed by atoms with Crippen molar-refractivity contribution in [3.8, 4) is 0 Å². The van der Waals surface area contributed by atoms with Crippen molar-refractivity contribution in [3.63, 3.8) is 0 Å². The van der Waals surface area contributed by atoms with E-state index in [4.69, 9.17) is 0 Å². The number of rotatable bonds is 4. The van der Waals surface area contributed by atoms with E-state index in [1.165, 1.54) is 71.1 Å². The molecule has 1 aliphatic heterocycles. The summed E-state index contributed by atoms with van der Waals surface area (Å²) in [6, 6.07) is 0.839. The summed E-state index contributed by atoms with van der Waals surface area (Å²) in [7, 11) is 0. The molecule has 0 aromatic rings. The van der Waals surface area contributed by atoms with E-state index in [-0.39, 0.29) is 0 Å². The van der Waals surface area contributed by atoms with Gasteiger partial charge in [0.15, 0.2) is 0 Å². The lowest BCUT2D eigenvalue weighted by atomic mass is 10.0. The Balaban J connectivity index is 1.57. The zero-order valence-corrected chi connectivity index (χ0v) is 10.9. The van der Waals surface area contributed by atoms with E-state index < -0.39 is 0 Å². The highest BCUT2D eigenvalue weighted by Gasteiger charge is 2.16. The van der Waals surface area contributed by atoms with Gasteiger partial charge in [0.1, 0.15) is 0 Å². The highest BCUT2D eigenvalue weighted by atomic mass is 15.1. The lowest BCUT2D eigenvalue weighted by molar-refractivity contribution is 0.276. The van der Waals surface area contributed by atoms with Crippen LogP contribution < -0.4 is 5.32 Å². The third-order valence-electron chi connectivity index (χ3n) is 4.33. The highest BCUT2D eigenvalue weighted by Crippen LogP contribution is 2.18. The predicted molar refractivity (Wildman–Crippen MR) is 69.7 cm³/mol. The second-order valence-electron chi connectivity index (χ2n) is 5.81. The van der Waals surface area contributed by atoms with Gasteiger partial charge in [-0.1, -0.05) is 19.8 Å². The average Bonchev–Trinajstić information content (AvgIpc) is 2.70. The van der Waals surface area contributed by atoms with E-state index in [0.717, 1.165) is 12.0 Å². The van der Waals surface area contributed by atoms with E-state index in [1.807, 2.05) is 0 Å². The quantitative estimate of drug-likeness (QED) is 0.790. The van der Waals surface area contributed by atoms with Crippen molar-refractivity contribution in [1.82, 2.24) is 10.2 Å². The third kappa shape index (κ3) is 4.06. The Labute approximate surface area is 101 Å². The monoisotopic (exact) mass is 224 g/mol. The molecule has 2 rings (SSSR count). The highest BCUT2D eigenvalue weighted by molar-refractivity contribution is 4.75. The molecule has 2 heteroatoms. The Morgan fingerprint density at radius 1 is 1.00 bits per heavy atom. The van der Waals surface area contributed by atoms with Crippen molar-refractivity contribution in [2.75, 3.05) is 26.2 Å². The zero-order valence-electron chi connectivity index (χ0n) is 10.9. The van der Waals surface area contributed by atoms with Crippen LogP contribution in [0.25, 0.3) is 0 Å². The first-order chi connectivity index (χ1) is 7.84. The first-order valence-corrected chi connectivity index (χ1v) is 7.30. The average molecular weight is 224 g/mol. The molecule has 0 spiro atoms. The van der Waals surface area contributed by atoms with Crippen LogP contribution in [0.2, 0.25) is 0 Å². The van der Waals surface area contributed by atoms with Crippen LogP contribution in [0.3, 0.4) is 0 Å². The maximum atomic E-state index is 3.72. The minimum atomic E-state index is 0.839. The van der Waals surface area contributed by atoms with Crippen LogP contribution in [0.15, 0.2) is 0 Å². The van der Waals surface area contributed by atoms with Crippen LogP contribution in [0.4, 0.5) is 0 Å². The Kier molecular flexibility index (Phi) is 5.11. The summed E-state index contributed by atoms with van der Waals surface area (Å²) in [5, 5.41) is 3.72. The van der Waals surface area contributed by atoms with Gasteiger partial charge in [-0.3, -0.25) is 0 Å². The Hall–Kier alpha value is -0.0800. The van der Waals surface area contributed by atoms with E-state index >= 15 is 0 Å². The van der Waals surface area contributed by atoms with Crippen LogP contribution in [0.5, 0.6) is 0 Å². The summed E-state index contributed by atoms with van der Waals surface area (Å²) in [6.07, 6.45) is 9.96. The number of nitrogens with one attached hydrogen (secondary N) is 1. The van der Waals surface area contributed by atoms with Crippen molar-refractivity contribution in [2.24, 2.45) is 5.92 Å². The van der Waals surface area contributed by atoms with Gasteiger partial charge in [0.2, 0.25) is 0 Å². The van der Waals surface area contributed by atoms with Crippen molar-refractivity contribution < 1.29 is 0 Å². The molecule has 0 bridgehead atoms. The molecular weight excluding hydrogens is 196 g/mol. The van der Waals surface area contributed by atoms with Crippen molar-refractivity contribution >= 4 is 0 Å². The molecule has 0 amide bonds. The molecule has 16 heavy (non-hydrogen) atoms. The Morgan fingerprint density at radius 2 is 1.81 bits per heavy atom. The van der Waals surface area contributed by atoms with Crippen LogP contribution in [-0.2, 0) is 0 Å². The molecule has 0 radical (unpaired) electrons. The molecule has 1 heterocycles. The van der Waals surface area contributed by atoms with Crippen LogP contribution in [-0.4, -0.2) is 37.1 Å². The fourth-order valence-corrected chi connectivity index (χ4v) is 3.10. The molecule has 2 nitrogen and oxygen atoms in total. The standard InChI is InChI=1S/C14H28N2/c1-13-5-4-10-16(11-8-13)12-9-15-14-6-2-3-7-14/h13-15H,2-12H2,1H3. The minimum absolute atomic E-state index is 0.839. The summed E-state index contributed by atoms with van der Waals surface area (Å²) in [4.78, 5) is 2.66. The summed E-state index contributed by atoms with van der Waals surface area (Å²) < 4.78 is 0. The largest absolute Gasteiger partial charge is 0.313 e. The lowest BCUT2D eigenvalue weighted by Gasteiger charge is -2.21. The number of hydrogen-bond acceptors (Lipinski definition) is 2. The van der Waals surface area contributed by atoms with Gasteiger partial charge in [-0.25, -0.2) is 0 Å². The summed E-state index contributed by atoms with van der Waals surface area (Å²) in [5.74, 6) is 0.952. The topological polar surface area (TPSA) is 15.3 Å². The Bertz CT molecular complexity index is 187. The number of nitrogens with zero attached hydrogens (tertiary/aromatic N) is 1. The molecule has 1 saturated carbocycles. The molecule has 1 aliphatic carbocycles. The molecule has 0 aromatic carbocycles. The lowest BCUT2D eigenvalue weighted by Crippen LogP contribution is -2.36. The van der Waals surface area contributed by atoms with Crippen LogP contribution >= 0.6 is 0 Å². The van der Waals surface area contributed by atoms with Gasteiger partial charge in [0.05, 0.1) is 0 Å². The van der Waals surface area contributed by atoms with Crippen molar-refractivity contribution in [1.29, 1.82) is 0 Å². The minimum Gasteiger partial charge on any atom is -0.313 e. The van der Waals surface area contributed by atoms with Gasteiger partial charge in [0, 0.05) is 19.1 Å². The second-order valence-corrected chi connectivity index (χ2v) is 5.81. The predicted octanol–water partition coefficient (Wildman–Crippen LogP) is 2.64. The third-order valence-corrected chi connectivity index (χ3v) is 4.33. The molecular formula is C14H28N2. The smallest absolute Gasteiger partial charge is 0.0107 e. The number of likely N-dealkylation sites (tertiary alicyclic amines) is 1. The first-order valence-electron chi connectivity index (χ1n) is 7.30. The fraction of sp³-hybridized carbons (Fsp3) is 1.00. The molecule has 2 aliphatic rings. The molecule has 94 valence electrons. The molecule has 1 saturated heterocycles. The SMILES string of the molecule is CC1CCCN(CCNC2CCCC2)CC1. The van der Waals surface area contributed by atoms with Gasteiger partial charge in [-0.2, -0.15) is 0 Å². The molecule has 1 N–H and O–H groups in total. The summed E-state index contributed by atoms with van der Waals surface area (Å²) >= 11 is 0. The number of hydrogen-bond donors (Lipinski definition) is 1. The fourth-order valence-electron chi connectivity index (χ4n) is 3.10. The van der Waals surface area contributed by atoms with E-state index in [9.17, 15) is 0 Å². The van der Waals surface area contributed by atoms with Gasteiger partial charge < -0.3 is 10.2 Å². The van der Waals surface area contributed by atoms with Crippen LogP contribution in [0, 0.1) is 5.92 Å². The van der Waals surface area contributed by atoms with Crippen molar-refractivity contribution in [2.45, 2.75) is 57.9 Å². The zero-order chi connectivity index (χ0) is 11.2. The van der Waals surface area contributed by atoms with Gasteiger partial charge >= 0.3 is 0 Å². The van der Waals surface area contributed by atoms with Gasteiger partial charge in [0.25, 0.3) is 0 Å². The summed E-state index contributed by atoms with van der Waals surface area (Å²) in [5.41, 5.74) is 0. The summed E-state index contributed by atoms with van der Waals surface area (Å²) in [6.45, 7) is 7.53. The van der Waals surface area contributed by atoms with Crippen molar-refractivity contribution in [3.05, 3.63) is 0 Å². The molecule has 1 unspecified atom stereocenters. The van der Waals surface area contributed by atoms with E-state index in [2.05, 4.69) is 17.1 Å². The maximum absolute atomic E-state index is 3.72. The Morgan fingerprint density at radius 3 is 2.62 bits per heavy atom. The first kappa shape index (κ1) is 12.4. The second kappa shape index (κ2) is 6.61. The van der Waals surface area contributed by atoms with E-state index in [0.29, 0.717) is 0 Å². The maximum Gasteiger partial charge on any atom is 0.0107 e. The molecule has 2 fully saturated rings. The van der Waals surface area contributed by atoms with Gasteiger partial charge in [-0.05, 0) is 51.1 Å². The normalized spacial score (nSPS) is 29.4. The van der Waals surface area contributed by atoms with E-state index in [1.54, 1.807) is 0 Å². The van der Waals surface area contributed by atoms with Crippen LogP contribution in [0.1, 0.15) is 51.9 Å².